The number of benzene rings is 1. The van der Waals surface area contributed by atoms with Crippen LogP contribution in [0, 0.1) is 5.92 Å². The molecule has 4 heteroatoms. The Bertz CT molecular complexity index is 453. The molecule has 0 N–H and O–H groups in total. The van der Waals surface area contributed by atoms with Gasteiger partial charge >= 0.3 is 0 Å². The van der Waals surface area contributed by atoms with Gasteiger partial charge in [0.15, 0.2) is 9.84 Å². The van der Waals surface area contributed by atoms with Gasteiger partial charge in [0, 0.05) is 4.47 Å². The molecule has 1 aliphatic heterocycles. The van der Waals surface area contributed by atoms with Crippen molar-refractivity contribution in [1.82, 2.24) is 0 Å². The molecule has 0 radical (unpaired) electrons. The number of hydrogen-bond donors (Lipinski definition) is 0. The first-order valence-corrected chi connectivity index (χ1v) is 7.61. The van der Waals surface area contributed by atoms with Gasteiger partial charge in [-0.05, 0) is 36.5 Å². The van der Waals surface area contributed by atoms with E-state index in [1.54, 1.807) is 0 Å². The van der Waals surface area contributed by atoms with E-state index in [1.165, 1.54) is 5.56 Å². The van der Waals surface area contributed by atoms with Crippen molar-refractivity contribution in [1.29, 1.82) is 0 Å². The minimum Gasteiger partial charge on any atom is -0.229 e. The second-order valence-electron chi connectivity index (χ2n) is 4.10. The fourth-order valence-corrected chi connectivity index (χ4v) is 4.34. The van der Waals surface area contributed by atoms with Crippen LogP contribution in [0.2, 0.25) is 0 Å². The molecule has 82 valence electrons. The molecule has 1 unspecified atom stereocenters. The van der Waals surface area contributed by atoms with Crippen LogP contribution in [0.3, 0.4) is 0 Å². The lowest BCUT2D eigenvalue weighted by Crippen LogP contribution is -2.07. The molecule has 1 aromatic rings. The minimum absolute atomic E-state index is 0.310. The van der Waals surface area contributed by atoms with Crippen LogP contribution in [0.5, 0.6) is 0 Å². The first-order valence-electron chi connectivity index (χ1n) is 5.00. The van der Waals surface area contributed by atoms with E-state index >= 15 is 0 Å². The predicted molar refractivity (Wildman–Crippen MR) is 64.6 cm³/mol. The van der Waals surface area contributed by atoms with Crippen LogP contribution in [0.1, 0.15) is 12.0 Å². The summed E-state index contributed by atoms with van der Waals surface area (Å²) in [6.07, 6.45) is 1.69. The van der Waals surface area contributed by atoms with Crippen LogP contribution in [-0.2, 0) is 16.3 Å². The van der Waals surface area contributed by atoms with E-state index in [2.05, 4.69) is 28.1 Å². The summed E-state index contributed by atoms with van der Waals surface area (Å²) < 4.78 is 23.6. The molecule has 0 aliphatic carbocycles. The van der Waals surface area contributed by atoms with Crippen LogP contribution in [0.4, 0.5) is 0 Å². The zero-order chi connectivity index (χ0) is 10.9. The zero-order valence-corrected chi connectivity index (χ0v) is 10.7. The zero-order valence-electron chi connectivity index (χ0n) is 8.32. The maximum Gasteiger partial charge on any atom is 0.150 e. The monoisotopic (exact) mass is 288 g/mol. The van der Waals surface area contributed by atoms with Crippen molar-refractivity contribution in [2.75, 3.05) is 11.5 Å². The lowest BCUT2D eigenvalue weighted by atomic mass is 9.99. The highest BCUT2D eigenvalue weighted by molar-refractivity contribution is 9.10. The first kappa shape index (κ1) is 11.1. The third-order valence-electron chi connectivity index (χ3n) is 2.74. The Morgan fingerprint density at radius 3 is 2.80 bits per heavy atom. The first-order chi connectivity index (χ1) is 7.05. The predicted octanol–water partition coefficient (Wildman–Crippen LogP) is 2.43. The highest BCUT2D eigenvalue weighted by Gasteiger charge is 2.27. The molecule has 0 spiro atoms. The number of hydrogen-bond acceptors (Lipinski definition) is 2. The van der Waals surface area contributed by atoms with E-state index in [-0.39, 0.29) is 0 Å². The summed E-state index contributed by atoms with van der Waals surface area (Å²) in [5.41, 5.74) is 1.21. The lowest BCUT2D eigenvalue weighted by Gasteiger charge is -2.07. The summed E-state index contributed by atoms with van der Waals surface area (Å²) in [5, 5.41) is 0. The fourth-order valence-electron chi connectivity index (χ4n) is 2.03. The van der Waals surface area contributed by atoms with E-state index < -0.39 is 9.84 Å². The fraction of sp³-hybridized carbons (Fsp3) is 0.455. The molecule has 15 heavy (non-hydrogen) atoms. The molecule has 1 fully saturated rings. The standard InChI is InChI=1S/C11H13BrO2S/c12-11-3-1-2-9(7-11)6-10-4-5-15(13,14)8-10/h1-3,7,10H,4-6,8H2. The van der Waals surface area contributed by atoms with Crippen LogP contribution in [0.25, 0.3) is 0 Å². The summed E-state index contributed by atoms with van der Waals surface area (Å²) in [5.74, 6) is 1.04. The summed E-state index contributed by atoms with van der Waals surface area (Å²) in [4.78, 5) is 0. The molecule has 1 aromatic carbocycles. The van der Waals surface area contributed by atoms with Gasteiger partial charge in [0.25, 0.3) is 0 Å². The van der Waals surface area contributed by atoms with Gasteiger partial charge in [0.1, 0.15) is 0 Å². The topological polar surface area (TPSA) is 34.1 Å². The Labute approximate surface area is 98.7 Å². The van der Waals surface area contributed by atoms with E-state index in [0.29, 0.717) is 17.4 Å². The van der Waals surface area contributed by atoms with Gasteiger partial charge in [0.2, 0.25) is 0 Å². The van der Waals surface area contributed by atoms with Gasteiger partial charge < -0.3 is 0 Å². The average molecular weight is 289 g/mol. The third kappa shape index (κ3) is 3.05. The second kappa shape index (κ2) is 4.26. The van der Waals surface area contributed by atoms with Crippen LogP contribution in [0.15, 0.2) is 28.7 Å². The van der Waals surface area contributed by atoms with E-state index in [1.807, 2.05) is 12.1 Å². The second-order valence-corrected chi connectivity index (χ2v) is 7.25. The number of halogens is 1. The van der Waals surface area contributed by atoms with Crippen molar-refractivity contribution in [3.8, 4) is 0 Å². The van der Waals surface area contributed by atoms with Gasteiger partial charge in [-0.3, -0.25) is 0 Å². The van der Waals surface area contributed by atoms with Crippen LogP contribution < -0.4 is 0 Å². The van der Waals surface area contributed by atoms with Gasteiger partial charge in [-0.25, -0.2) is 8.42 Å². The molecule has 1 atom stereocenters. The Hall–Kier alpha value is -0.350. The van der Waals surface area contributed by atoms with E-state index in [0.717, 1.165) is 17.3 Å². The molecule has 1 heterocycles. The van der Waals surface area contributed by atoms with Gasteiger partial charge in [0.05, 0.1) is 11.5 Å². The Kier molecular flexibility index (Phi) is 3.16. The molecule has 2 nitrogen and oxygen atoms in total. The Morgan fingerprint density at radius 2 is 2.20 bits per heavy atom. The number of sulfone groups is 1. The molecular formula is C11H13BrO2S. The maximum absolute atomic E-state index is 11.3. The molecule has 0 bridgehead atoms. The highest BCUT2D eigenvalue weighted by atomic mass is 79.9. The van der Waals surface area contributed by atoms with Crippen LogP contribution in [-0.4, -0.2) is 19.9 Å². The Balaban J connectivity index is 2.05. The van der Waals surface area contributed by atoms with E-state index in [4.69, 9.17) is 0 Å². The number of rotatable bonds is 2. The maximum atomic E-state index is 11.3. The average Bonchev–Trinajstić information content (AvgIpc) is 2.45. The van der Waals surface area contributed by atoms with Crippen molar-refractivity contribution in [3.63, 3.8) is 0 Å². The van der Waals surface area contributed by atoms with Crippen LogP contribution >= 0.6 is 15.9 Å². The van der Waals surface area contributed by atoms with Gasteiger partial charge in [-0.1, -0.05) is 28.1 Å². The normalized spacial score (nSPS) is 24.2. The van der Waals surface area contributed by atoms with Crippen molar-refractivity contribution >= 4 is 25.8 Å². The SMILES string of the molecule is O=S1(=O)CCC(Cc2cccc(Br)c2)C1. The lowest BCUT2D eigenvalue weighted by molar-refractivity contribution is 0.583. The largest absolute Gasteiger partial charge is 0.229 e. The smallest absolute Gasteiger partial charge is 0.150 e. The third-order valence-corrected chi connectivity index (χ3v) is 5.07. The molecule has 0 amide bonds. The van der Waals surface area contributed by atoms with E-state index in [9.17, 15) is 8.42 Å². The highest BCUT2D eigenvalue weighted by Crippen LogP contribution is 2.23. The minimum atomic E-state index is -2.74. The molecule has 2 rings (SSSR count). The summed E-state index contributed by atoms with van der Waals surface area (Å²) in [6.45, 7) is 0. The van der Waals surface area contributed by atoms with Crippen molar-refractivity contribution in [2.24, 2.45) is 5.92 Å². The molecule has 1 aliphatic rings. The molecule has 1 saturated heterocycles. The quantitative estimate of drug-likeness (QED) is 0.838. The Morgan fingerprint density at radius 1 is 1.40 bits per heavy atom. The van der Waals surface area contributed by atoms with Gasteiger partial charge in [-0.2, -0.15) is 0 Å². The molecule has 0 aromatic heterocycles. The molecule has 0 saturated carbocycles. The summed E-state index contributed by atoms with van der Waals surface area (Å²) >= 11 is 3.42. The summed E-state index contributed by atoms with van der Waals surface area (Å²) in [7, 11) is -2.74. The summed E-state index contributed by atoms with van der Waals surface area (Å²) in [6, 6.07) is 8.08. The molecular weight excluding hydrogens is 276 g/mol. The van der Waals surface area contributed by atoms with Crippen molar-refractivity contribution in [3.05, 3.63) is 34.3 Å². The van der Waals surface area contributed by atoms with Gasteiger partial charge in [-0.15, -0.1) is 0 Å². The van der Waals surface area contributed by atoms with Crippen molar-refractivity contribution < 1.29 is 8.42 Å². The van der Waals surface area contributed by atoms with Crippen molar-refractivity contribution in [2.45, 2.75) is 12.8 Å².